The lowest BCUT2D eigenvalue weighted by Crippen LogP contribution is -2.34. The minimum atomic E-state index is -0.0162. The van der Waals surface area contributed by atoms with Crippen molar-refractivity contribution in [3.05, 3.63) is 53.1 Å². The first kappa shape index (κ1) is 19.2. The molecule has 2 aromatic rings. The highest BCUT2D eigenvalue weighted by Gasteiger charge is 2.21. The number of nitrogens with zero attached hydrogens (tertiary/aromatic N) is 1. The van der Waals surface area contributed by atoms with Gasteiger partial charge in [-0.05, 0) is 53.5 Å². The van der Waals surface area contributed by atoms with Crippen molar-refractivity contribution in [2.75, 3.05) is 34.0 Å². The minimum Gasteiger partial charge on any atom is -0.493 e. The van der Waals surface area contributed by atoms with Gasteiger partial charge in [-0.1, -0.05) is 6.07 Å². The Bertz CT molecular complexity index is 937. The van der Waals surface area contributed by atoms with Gasteiger partial charge in [0.1, 0.15) is 0 Å². The van der Waals surface area contributed by atoms with E-state index < -0.39 is 0 Å². The summed E-state index contributed by atoms with van der Waals surface area (Å²) in [6.45, 7) is 2.53. The smallest absolute Gasteiger partial charge is 0.246 e. The van der Waals surface area contributed by atoms with Crippen LogP contribution in [0.5, 0.6) is 23.0 Å². The molecule has 29 heavy (non-hydrogen) atoms. The molecule has 0 fully saturated rings. The average molecular weight is 395 g/mol. The van der Waals surface area contributed by atoms with Crippen LogP contribution >= 0.6 is 0 Å². The maximum Gasteiger partial charge on any atom is 0.246 e. The van der Waals surface area contributed by atoms with Crippen LogP contribution in [0.2, 0.25) is 0 Å². The third-order valence-electron chi connectivity index (χ3n) is 5.22. The highest BCUT2D eigenvalue weighted by molar-refractivity contribution is 5.92. The highest BCUT2D eigenvalue weighted by atomic mass is 16.5. The molecule has 0 atom stereocenters. The summed E-state index contributed by atoms with van der Waals surface area (Å²) in [5, 5.41) is 0. The Hall–Kier alpha value is -3.15. The first-order valence-corrected chi connectivity index (χ1v) is 9.78. The molecule has 0 saturated heterocycles. The molecule has 0 N–H and O–H groups in total. The zero-order valence-corrected chi connectivity index (χ0v) is 16.8. The number of methoxy groups -OCH3 is 2. The molecule has 2 aromatic carbocycles. The second kappa shape index (κ2) is 8.47. The summed E-state index contributed by atoms with van der Waals surface area (Å²) >= 11 is 0. The van der Waals surface area contributed by atoms with E-state index in [1.807, 2.05) is 41.3 Å². The summed E-state index contributed by atoms with van der Waals surface area (Å²) in [5.74, 6) is 2.87. The Balaban J connectivity index is 1.46. The zero-order valence-electron chi connectivity index (χ0n) is 16.8. The van der Waals surface area contributed by atoms with Crippen LogP contribution in [-0.2, 0) is 17.8 Å². The van der Waals surface area contributed by atoms with Gasteiger partial charge in [0.05, 0.1) is 27.4 Å². The lowest BCUT2D eigenvalue weighted by molar-refractivity contribution is -0.126. The van der Waals surface area contributed by atoms with Crippen molar-refractivity contribution in [2.45, 2.75) is 19.4 Å². The van der Waals surface area contributed by atoms with Crippen molar-refractivity contribution in [1.82, 2.24) is 4.90 Å². The van der Waals surface area contributed by atoms with Gasteiger partial charge < -0.3 is 23.8 Å². The van der Waals surface area contributed by atoms with Gasteiger partial charge in [0, 0.05) is 25.6 Å². The van der Waals surface area contributed by atoms with Crippen LogP contribution in [0.15, 0.2) is 36.4 Å². The molecule has 0 bridgehead atoms. The molecular formula is C23H25NO5. The Morgan fingerprint density at radius 1 is 1.00 bits per heavy atom. The van der Waals surface area contributed by atoms with Crippen molar-refractivity contribution >= 4 is 12.0 Å². The molecule has 152 valence electrons. The van der Waals surface area contributed by atoms with Gasteiger partial charge in [-0.3, -0.25) is 4.79 Å². The SMILES string of the molecule is COc1cc2c(cc1OC)CN(C(=O)/C=C/c1ccc3c(c1)OCCCO3)CC2. The Morgan fingerprint density at radius 2 is 1.72 bits per heavy atom. The van der Waals surface area contributed by atoms with E-state index >= 15 is 0 Å². The molecule has 0 aliphatic carbocycles. The summed E-state index contributed by atoms with van der Waals surface area (Å²) in [5.41, 5.74) is 3.19. The van der Waals surface area contributed by atoms with E-state index in [0.29, 0.717) is 32.1 Å². The largest absolute Gasteiger partial charge is 0.493 e. The lowest BCUT2D eigenvalue weighted by atomic mass is 9.98. The molecule has 0 saturated carbocycles. The van der Waals surface area contributed by atoms with E-state index in [1.165, 1.54) is 5.56 Å². The first-order valence-electron chi connectivity index (χ1n) is 9.78. The van der Waals surface area contributed by atoms with Crippen LogP contribution in [-0.4, -0.2) is 44.8 Å². The van der Waals surface area contributed by atoms with E-state index in [9.17, 15) is 4.79 Å². The molecule has 2 aliphatic heterocycles. The summed E-state index contributed by atoms with van der Waals surface area (Å²) in [7, 11) is 3.25. The second-order valence-corrected chi connectivity index (χ2v) is 7.08. The van der Waals surface area contributed by atoms with E-state index in [1.54, 1.807) is 20.3 Å². The number of carbonyl (C=O) groups is 1. The molecule has 6 nitrogen and oxygen atoms in total. The zero-order chi connectivity index (χ0) is 20.2. The fourth-order valence-electron chi connectivity index (χ4n) is 3.63. The van der Waals surface area contributed by atoms with Crippen LogP contribution in [0.3, 0.4) is 0 Å². The van der Waals surface area contributed by atoms with Crippen LogP contribution in [0.25, 0.3) is 6.08 Å². The van der Waals surface area contributed by atoms with Gasteiger partial charge in [-0.25, -0.2) is 0 Å². The quantitative estimate of drug-likeness (QED) is 0.742. The standard InChI is InChI=1S/C23H25NO5/c1-26-20-13-17-8-9-24(15-18(17)14-21(20)27-2)23(25)7-5-16-4-6-19-22(12-16)29-11-3-10-28-19/h4-7,12-14H,3,8-11,15H2,1-2H3/b7-5+. The third kappa shape index (κ3) is 4.16. The van der Waals surface area contributed by atoms with Crippen molar-refractivity contribution in [1.29, 1.82) is 0 Å². The molecule has 0 radical (unpaired) electrons. The molecule has 4 rings (SSSR count). The topological polar surface area (TPSA) is 57.2 Å². The summed E-state index contributed by atoms with van der Waals surface area (Å²) < 4.78 is 22.1. The lowest BCUT2D eigenvalue weighted by Gasteiger charge is -2.28. The predicted octanol–water partition coefficient (Wildman–Crippen LogP) is 3.46. The number of hydrogen-bond acceptors (Lipinski definition) is 5. The number of hydrogen-bond donors (Lipinski definition) is 0. The van der Waals surface area contributed by atoms with Crippen LogP contribution < -0.4 is 18.9 Å². The fourth-order valence-corrected chi connectivity index (χ4v) is 3.63. The van der Waals surface area contributed by atoms with Gasteiger partial charge in [-0.2, -0.15) is 0 Å². The summed E-state index contributed by atoms with van der Waals surface area (Å²) in [6.07, 6.45) is 5.09. The van der Waals surface area contributed by atoms with Gasteiger partial charge in [0.15, 0.2) is 23.0 Å². The monoisotopic (exact) mass is 395 g/mol. The fraction of sp³-hybridized carbons (Fsp3) is 0.348. The number of ether oxygens (including phenoxy) is 4. The van der Waals surface area contributed by atoms with Gasteiger partial charge in [-0.15, -0.1) is 0 Å². The Labute approximate surface area is 170 Å². The molecule has 0 aromatic heterocycles. The van der Waals surface area contributed by atoms with Gasteiger partial charge >= 0.3 is 0 Å². The highest BCUT2D eigenvalue weighted by Crippen LogP contribution is 2.33. The maximum absolute atomic E-state index is 12.7. The van der Waals surface area contributed by atoms with Crippen LogP contribution in [0, 0.1) is 0 Å². The average Bonchev–Trinajstić information content (AvgIpc) is 3.01. The normalized spacial score (nSPS) is 15.6. The number of carbonyl (C=O) groups excluding carboxylic acids is 1. The second-order valence-electron chi connectivity index (χ2n) is 7.08. The van der Waals surface area contributed by atoms with E-state index in [0.717, 1.165) is 41.2 Å². The van der Waals surface area contributed by atoms with Crippen LogP contribution in [0.1, 0.15) is 23.1 Å². The molecule has 2 heterocycles. The number of fused-ring (bicyclic) bond motifs is 2. The molecule has 1 amide bonds. The van der Waals surface area contributed by atoms with Crippen molar-refractivity contribution in [3.8, 4) is 23.0 Å². The Morgan fingerprint density at radius 3 is 2.48 bits per heavy atom. The van der Waals surface area contributed by atoms with Gasteiger partial charge in [0.2, 0.25) is 5.91 Å². The number of benzene rings is 2. The predicted molar refractivity (Wildman–Crippen MR) is 110 cm³/mol. The maximum atomic E-state index is 12.7. The number of amides is 1. The molecule has 0 spiro atoms. The van der Waals surface area contributed by atoms with E-state index in [-0.39, 0.29) is 5.91 Å². The van der Waals surface area contributed by atoms with E-state index in [4.69, 9.17) is 18.9 Å². The summed E-state index contributed by atoms with van der Waals surface area (Å²) in [6, 6.07) is 9.69. The molecule has 6 heteroatoms. The molecular weight excluding hydrogens is 370 g/mol. The minimum absolute atomic E-state index is 0.0162. The molecule has 0 unspecified atom stereocenters. The summed E-state index contributed by atoms with van der Waals surface area (Å²) in [4.78, 5) is 14.6. The van der Waals surface area contributed by atoms with E-state index in [2.05, 4.69) is 0 Å². The van der Waals surface area contributed by atoms with Gasteiger partial charge in [0.25, 0.3) is 0 Å². The number of rotatable bonds is 4. The van der Waals surface area contributed by atoms with Crippen molar-refractivity contribution in [3.63, 3.8) is 0 Å². The molecule has 2 aliphatic rings. The Kier molecular flexibility index (Phi) is 5.60. The third-order valence-corrected chi connectivity index (χ3v) is 5.22. The van der Waals surface area contributed by atoms with Crippen molar-refractivity contribution < 1.29 is 23.7 Å². The van der Waals surface area contributed by atoms with Crippen LogP contribution in [0.4, 0.5) is 0 Å². The first-order chi connectivity index (χ1) is 14.2. The van der Waals surface area contributed by atoms with Crippen molar-refractivity contribution in [2.24, 2.45) is 0 Å².